The fourth-order valence-electron chi connectivity index (χ4n) is 17.9. The summed E-state index contributed by atoms with van der Waals surface area (Å²) in [6.45, 7) is 7.08. The number of nitrogens with zero attached hydrogens (tertiary/aromatic N) is 6. The molecule has 4 aromatic heterocycles. The minimum absolute atomic E-state index is 0. The Morgan fingerprint density at radius 1 is 0.392 bits per heavy atom. The van der Waals surface area contributed by atoms with Gasteiger partial charge in [0.1, 0.15) is 23.1 Å². The summed E-state index contributed by atoms with van der Waals surface area (Å²) >= 11 is 0. The molecule has 0 atom stereocenters. The van der Waals surface area contributed by atoms with Crippen LogP contribution < -0.4 is 56.8 Å². The van der Waals surface area contributed by atoms with Crippen molar-refractivity contribution in [3.8, 4) is 108 Å². The predicted molar refractivity (Wildman–Crippen MR) is 492 cm³/mol. The zero-order valence-electron chi connectivity index (χ0n) is 73.7. The first-order valence-electron chi connectivity index (χ1n) is 44.2. The molecule has 8 aromatic carbocycles. The minimum atomic E-state index is -3.57. The Hall–Kier alpha value is -13.3. The van der Waals surface area contributed by atoms with Crippen LogP contribution in [0.4, 0.5) is 0 Å². The zero-order valence-corrected chi connectivity index (χ0v) is 74.6. The molecule has 0 amide bonds. The molecule has 0 radical (unpaired) electrons. The molecule has 668 valence electrons. The molecule has 0 unspecified atom stereocenters. The van der Waals surface area contributed by atoms with Crippen molar-refractivity contribution in [2.75, 3.05) is 88.8 Å². The number of likely N-dealkylation sites (tertiary alicyclic amines) is 1. The lowest BCUT2D eigenvalue weighted by atomic mass is 9.88. The van der Waals surface area contributed by atoms with E-state index in [1.165, 1.54) is 24.0 Å². The second-order valence-corrected chi connectivity index (χ2v) is 36.5. The van der Waals surface area contributed by atoms with Crippen LogP contribution in [0.1, 0.15) is 122 Å². The number of benzene rings is 8. The lowest BCUT2D eigenvalue weighted by Crippen LogP contribution is -2.33. The standard InChI is InChI=1S/C29H31N3O5S.C26H26N2O3.C26H25NO6.C24H21NO3.H2/c33-28(29(12-13-29)22-8-11-26-27(18-22)37-20-36-26)19-23-4-3-5-25(31-23)21-6-9-24(10-7-21)38(34,35)30-14-17-32-15-1-2-16-32;1-28(2)16-18-6-8-19(9-7-18)22-5-3-4-21(27-22)15-25(29)26(12-13-26)20-10-11-23-24(14-20)31-17-30-23;1-29-22-11-16(12-23(30-2)25(22)31-3)19-6-4-5-18(27-19)14-24(28)26(9-10-26)17-7-8-20-21(13-17)33-15-32-20;1-16-4-2-5-17(12-16)20-7-3-6-19(25-20)14-23(26)24(10-11-24)18-8-9-21-22(13-18)28-15-27-21;/h3-11,18,30H,1-2,12-17,19-20H2;3-11,14H,12-13,15-17H2,1-2H3;4-8,11-13H,9-10,14-15H2,1-3H3;2-9,12-13H,10-11,14-15H2,1H3;1H. The Kier molecular flexibility index (Phi) is 25.1. The maximum absolute atomic E-state index is 13.4. The molecule has 5 fully saturated rings. The largest absolute Gasteiger partial charge is 0.493 e. The Balaban J connectivity index is 0.000000123. The minimum Gasteiger partial charge on any atom is -0.493 e. The second kappa shape index (κ2) is 37.4. The van der Waals surface area contributed by atoms with Gasteiger partial charge in [-0.05, 0) is 254 Å². The molecule has 24 nitrogen and oxygen atoms in total. The number of aromatic nitrogens is 4. The molecule has 0 spiro atoms. The molecular weight excluding hydrogens is 1660 g/mol. The van der Waals surface area contributed by atoms with Crippen LogP contribution in [0.5, 0.6) is 63.2 Å². The van der Waals surface area contributed by atoms with Gasteiger partial charge in [-0.25, -0.2) is 13.1 Å². The van der Waals surface area contributed by atoms with E-state index in [1.54, 1.807) is 45.6 Å². The third-order valence-corrected chi connectivity index (χ3v) is 27.3. The van der Waals surface area contributed by atoms with E-state index in [-0.39, 0.29) is 69.5 Å². The average Bonchev–Trinajstić information content (AvgIpc) is 1.60. The number of pyridine rings is 4. The van der Waals surface area contributed by atoms with Gasteiger partial charge >= 0.3 is 0 Å². The fourth-order valence-corrected chi connectivity index (χ4v) is 18.9. The average molecular weight is 1770 g/mol. The molecule has 4 aliphatic carbocycles. The molecule has 130 heavy (non-hydrogen) atoms. The van der Waals surface area contributed by atoms with Gasteiger partial charge in [0, 0.05) is 91.8 Å². The topological polar surface area (TPSA) is 274 Å². The van der Waals surface area contributed by atoms with Gasteiger partial charge in [0.25, 0.3) is 0 Å². The van der Waals surface area contributed by atoms with Crippen LogP contribution in [0.3, 0.4) is 0 Å². The number of nitrogens with one attached hydrogen (secondary N) is 1. The summed E-state index contributed by atoms with van der Waals surface area (Å²) in [5.74, 6) is 8.16. The van der Waals surface area contributed by atoms with Crippen molar-refractivity contribution >= 4 is 33.2 Å². The summed E-state index contributed by atoms with van der Waals surface area (Å²) in [4.78, 5) is 76.9. The monoisotopic (exact) mass is 1770 g/mol. The number of ether oxygens (including phenoxy) is 11. The van der Waals surface area contributed by atoms with Gasteiger partial charge in [-0.3, -0.25) is 39.1 Å². The summed E-state index contributed by atoms with van der Waals surface area (Å²) in [5.41, 5.74) is 14.7. The number of aryl methyl sites for hydroxylation is 1. The van der Waals surface area contributed by atoms with E-state index in [9.17, 15) is 27.6 Å². The highest BCUT2D eigenvalue weighted by Crippen LogP contribution is 2.56. The first kappa shape index (κ1) is 87.4. The summed E-state index contributed by atoms with van der Waals surface area (Å²) in [6, 6.07) is 73.6. The third kappa shape index (κ3) is 19.1. The van der Waals surface area contributed by atoms with Gasteiger partial charge in [-0.2, -0.15) is 0 Å². The zero-order chi connectivity index (χ0) is 89.7. The number of fused-ring (bicyclic) bond motifs is 4. The van der Waals surface area contributed by atoms with Crippen molar-refractivity contribution in [1.29, 1.82) is 0 Å². The Labute approximate surface area is 758 Å². The van der Waals surface area contributed by atoms with E-state index >= 15 is 0 Å². The molecule has 4 saturated carbocycles. The number of carbonyl (C=O) groups excluding carboxylic acids is 4. The van der Waals surface area contributed by atoms with Crippen LogP contribution in [0.2, 0.25) is 0 Å². The van der Waals surface area contributed by atoms with Crippen molar-refractivity contribution in [3.05, 3.63) is 287 Å². The SMILES string of the molecule is CN(C)Cc1ccc(-c2cccc(CC(=O)C3(c4ccc5c(c4)OCO5)CC3)n2)cc1.COc1cc(-c2cccc(CC(=O)C3(c4ccc5c(c4)OCO5)CC3)n2)cc(OC)c1OC.Cc1cccc(-c2cccc(CC(=O)C3(c4ccc5c(c4)OCO5)CC3)n2)c1.O=C(Cc1cccc(-c2ccc(S(=O)(=O)NCCN3CCCC3)cc2)n1)C1(c2ccc3c(c2)OCO3)CC1.[HH]. The van der Waals surface area contributed by atoms with Gasteiger partial charge in [0.2, 0.25) is 42.9 Å². The molecule has 9 aliphatic rings. The van der Waals surface area contributed by atoms with Crippen molar-refractivity contribution in [3.63, 3.8) is 0 Å². The number of rotatable bonds is 30. The van der Waals surface area contributed by atoms with Gasteiger partial charge in [0.05, 0.1) is 70.7 Å². The van der Waals surface area contributed by atoms with E-state index in [1.807, 2.05) is 164 Å². The molecule has 9 heterocycles. The van der Waals surface area contributed by atoms with E-state index in [0.717, 1.165) is 185 Å². The van der Waals surface area contributed by atoms with Crippen LogP contribution in [-0.4, -0.2) is 150 Å². The Morgan fingerprint density at radius 3 is 1.07 bits per heavy atom. The molecule has 1 saturated heterocycles. The van der Waals surface area contributed by atoms with Gasteiger partial charge in [-0.1, -0.05) is 109 Å². The summed E-state index contributed by atoms with van der Waals surface area (Å²) in [6.07, 6.45) is 10.3. The van der Waals surface area contributed by atoms with Gasteiger partial charge in [0.15, 0.2) is 57.5 Å². The smallest absolute Gasteiger partial charge is 0.240 e. The van der Waals surface area contributed by atoms with E-state index in [0.29, 0.717) is 65.3 Å². The van der Waals surface area contributed by atoms with Crippen LogP contribution in [-0.2, 0) is 83.1 Å². The fraction of sp³-hybridized carbons (Fsp3) is 0.314. The first-order valence-corrected chi connectivity index (χ1v) is 45.7. The normalized spacial score (nSPS) is 16.3. The lowest BCUT2D eigenvalue weighted by Gasteiger charge is -2.16. The number of carbonyl (C=O) groups is 4. The van der Waals surface area contributed by atoms with Crippen molar-refractivity contribution < 1.29 is 81.1 Å². The number of hydrogen-bond acceptors (Lipinski definition) is 23. The van der Waals surface area contributed by atoms with Crippen molar-refractivity contribution in [2.24, 2.45) is 0 Å². The summed E-state index contributed by atoms with van der Waals surface area (Å²) < 4.78 is 88.1. The molecular formula is C105H105N7O17S. The summed E-state index contributed by atoms with van der Waals surface area (Å²) in [7, 11) is 5.27. The highest BCUT2D eigenvalue weighted by Gasteiger charge is 2.54. The predicted octanol–water partition coefficient (Wildman–Crippen LogP) is 17.3. The first-order chi connectivity index (χ1) is 63.2. The van der Waals surface area contributed by atoms with E-state index < -0.39 is 31.7 Å². The number of Topliss-reactive ketones (excluding diaryl/α,β-unsaturated/α-hetero) is 4. The lowest BCUT2D eigenvalue weighted by molar-refractivity contribution is -0.121. The molecule has 21 rings (SSSR count). The third-order valence-electron chi connectivity index (χ3n) is 25.8. The van der Waals surface area contributed by atoms with Gasteiger partial charge < -0.3 is 61.9 Å². The quantitative estimate of drug-likeness (QED) is 0.0438. The Morgan fingerprint density at radius 2 is 0.731 bits per heavy atom. The summed E-state index contributed by atoms with van der Waals surface area (Å²) in [5, 5.41) is 0. The van der Waals surface area contributed by atoms with E-state index in [2.05, 4.69) is 78.0 Å². The van der Waals surface area contributed by atoms with Crippen molar-refractivity contribution in [1.82, 2.24) is 34.5 Å². The number of sulfonamides is 1. The maximum Gasteiger partial charge on any atom is 0.240 e. The number of ketones is 4. The molecule has 1 N–H and O–H groups in total. The highest BCUT2D eigenvalue weighted by molar-refractivity contribution is 7.89. The van der Waals surface area contributed by atoms with Crippen LogP contribution in [0.25, 0.3) is 45.0 Å². The van der Waals surface area contributed by atoms with Gasteiger partial charge in [-0.15, -0.1) is 0 Å². The Bertz CT molecular complexity index is 6360. The number of methoxy groups -OCH3 is 3. The van der Waals surface area contributed by atoms with Crippen LogP contribution in [0.15, 0.2) is 235 Å². The maximum atomic E-state index is 13.4. The molecule has 0 bridgehead atoms. The van der Waals surface area contributed by atoms with E-state index in [4.69, 9.17) is 72.0 Å². The molecule has 25 heteroatoms. The number of hydrogen-bond donors (Lipinski definition) is 1. The molecule has 5 aliphatic heterocycles. The van der Waals surface area contributed by atoms with Crippen LogP contribution >= 0.6 is 0 Å². The van der Waals surface area contributed by atoms with Crippen LogP contribution in [0, 0.1) is 6.92 Å². The molecule has 12 aromatic rings. The van der Waals surface area contributed by atoms with Crippen molar-refractivity contribution in [2.45, 2.75) is 130 Å². The highest BCUT2D eigenvalue weighted by atomic mass is 32.2. The second-order valence-electron chi connectivity index (χ2n) is 34.7.